The van der Waals surface area contributed by atoms with Gasteiger partial charge >= 0.3 is 0 Å². The summed E-state index contributed by atoms with van der Waals surface area (Å²) < 4.78 is 7.12. The van der Waals surface area contributed by atoms with Crippen LogP contribution in [0.2, 0.25) is 0 Å². The minimum atomic E-state index is 0.423. The molecule has 1 aromatic carbocycles. The standard InChI is InChI=1S/C13H16BrNO/c14-11-2-1-3-12(6-11)16-13-4-9-7-15-8-10(9)5-13/h1-3,6,9-10,13,15H,4-5,7-8H2. The first kappa shape index (κ1) is 10.6. The molecule has 2 atom stereocenters. The van der Waals surface area contributed by atoms with Gasteiger partial charge in [-0.05, 0) is 56.0 Å². The molecule has 1 saturated carbocycles. The molecule has 3 heteroatoms. The molecule has 1 heterocycles. The Bertz CT molecular complexity index is 370. The van der Waals surface area contributed by atoms with Gasteiger partial charge in [-0.2, -0.15) is 0 Å². The maximum atomic E-state index is 6.03. The van der Waals surface area contributed by atoms with Crippen LogP contribution < -0.4 is 10.1 Å². The third kappa shape index (κ3) is 2.11. The van der Waals surface area contributed by atoms with Crippen molar-refractivity contribution < 1.29 is 4.74 Å². The Morgan fingerprint density at radius 2 is 1.94 bits per heavy atom. The van der Waals surface area contributed by atoms with Gasteiger partial charge in [-0.3, -0.25) is 0 Å². The van der Waals surface area contributed by atoms with Crippen molar-refractivity contribution in [1.29, 1.82) is 0 Å². The van der Waals surface area contributed by atoms with Crippen LogP contribution in [0, 0.1) is 11.8 Å². The Kier molecular flexibility index (Phi) is 2.90. The average molecular weight is 282 g/mol. The summed E-state index contributed by atoms with van der Waals surface area (Å²) in [6.45, 7) is 2.37. The molecule has 0 amide bonds. The molecule has 0 radical (unpaired) electrons. The Balaban J connectivity index is 1.64. The summed E-state index contributed by atoms with van der Waals surface area (Å²) in [5, 5.41) is 3.45. The molecular formula is C13H16BrNO. The molecule has 2 aliphatic rings. The van der Waals surface area contributed by atoms with Gasteiger partial charge in [0, 0.05) is 4.47 Å². The summed E-state index contributed by atoms with van der Waals surface area (Å²) in [5.74, 6) is 2.68. The molecule has 86 valence electrons. The molecule has 2 nitrogen and oxygen atoms in total. The van der Waals surface area contributed by atoms with E-state index in [-0.39, 0.29) is 0 Å². The lowest BCUT2D eigenvalue weighted by atomic mass is 10.0. The predicted molar refractivity (Wildman–Crippen MR) is 67.6 cm³/mol. The van der Waals surface area contributed by atoms with Gasteiger partial charge in [0.1, 0.15) is 5.75 Å². The van der Waals surface area contributed by atoms with E-state index in [0.29, 0.717) is 6.10 Å². The van der Waals surface area contributed by atoms with Crippen LogP contribution >= 0.6 is 15.9 Å². The van der Waals surface area contributed by atoms with Gasteiger partial charge < -0.3 is 10.1 Å². The number of halogens is 1. The zero-order valence-corrected chi connectivity index (χ0v) is 10.7. The van der Waals surface area contributed by atoms with E-state index < -0.39 is 0 Å². The van der Waals surface area contributed by atoms with Gasteiger partial charge in [-0.1, -0.05) is 22.0 Å². The molecule has 0 spiro atoms. The van der Waals surface area contributed by atoms with Crippen LogP contribution in [0.5, 0.6) is 5.75 Å². The summed E-state index contributed by atoms with van der Waals surface area (Å²) in [6, 6.07) is 8.14. The van der Waals surface area contributed by atoms with Crippen LogP contribution in [0.15, 0.2) is 28.7 Å². The number of hydrogen-bond donors (Lipinski definition) is 1. The largest absolute Gasteiger partial charge is 0.490 e. The van der Waals surface area contributed by atoms with Gasteiger partial charge in [0.2, 0.25) is 0 Å². The van der Waals surface area contributed by atoms with Crippen molar-refractivity contribution in [2.45, 2.75) is 18.9 Å². The first-order chi connectivity index (χ1) is 7.81. The molecule has 0 bridgehead atoms. The van der Waals surface area contributed by atoms with Gasteiger partial charge in [-0.25, -0.2) is 0 Å². The number of ether oxygens (including phenoxy) is 1. The molecule has 1 aromatic rings. The average Bonchev–Trinajstić information content (AvgIpc) is 2.77. The first-order valence-electron chi connectivity index (χ1n) is 5.94. The van der Waals surface area contributed by atoms with E-state index in [2.05, 4.69) is 21.2 Å². The molecular weight excluding hydrogens is 266 g/mol. The lowest BCUT2D eigenvalue weighted by Gasteiger charge is -2.14. The molecule has 2 unspecified atom stereocenters. The van der Waals surface area contributed by atoms with Crippen LogP contribution in [-0.4, -0.2) is 19.2 Å². The van der Waals surface area contributed by atoms with Crippen LogP contribution in [-0.2, 0) is 0 Å². The van der Waals surface area contributed by atoms with E-state index in [1.54, 1.807) is 0 Å². The van der Waals surface area contributed by atoms with Crippen LogP contribution in [0.3, 0.4) is 0 Å². The Morgan fingerprint density at radius 1 is 1.19 bits per heavy atom. The highest BCUT2D eigenvalue weighted by Crippen LogP contribution is 2.36. The zero-order valence-electron chi connectivity index (χ0n) is 9.16. The van der Waals surface area contributed by atoms with E-state index in [4.69, 9.17) is 4.74 Å². The minimum Gasteiger partial charge on any atom is -0.490 e. The SMILES string of the molecule is Brc1cccc(OC2CC3CNCC3C2)c1. The summed E-state index contributed by atoms with van der Waals surface area (Å²) in [7, 11) is 0. The van der Waals surface area contributed by atoms with E-state index in [1.165, 1.54) is 25.9 Å². The second-order valence-electron chi connectivity index (χ2n) is 4.85. The maximum Gasteiger partial charge on any atom is 0.120 e. The highest BCUT2D eigenvalue weighted by molar-refractivity contribution is 9.10. The Morgan fingerprint density at radius 3 is 2.62 bits per heavy atom. The second kappa shape index (κ2) is 4.38. The molecule has 3 rings (SSSR count). The smallest absolute Gasteiger partial charge is 0.120 e. The Labute approximate surface area is 105 Å². The lowest BCUT2D eigenvalue weighted by Crippen LogP contribution is -2.18. The fourth-order valence-electron chi connectivity index (χ4n) is 2.94. The number of nitrogens with one attached hydrogen (secondary N) is 1. The molecule has 2 fully saturated rings. The van der Waals surface area contributed by atoms with Crippen molar-refractivity contribution in [2.75, 3.05) is 13.1 Å². The number of fused-ring (bicyclic) bond motifs is 1. The van der Waals surface area contributed by atoms with Crippen molar-refractivity contribution in [3.8, 4) is 5.75 Å². The normalized spacial score (nSPS) is 32.7. The summed E-state index contributed by atoms with van der Waals surface area (Å²) >= 11 is 3.47. The van der Waals surface area contributed by atoms with E-state index in [0.717, 1.165) is 22.1 Å². The van der Waals surface area contributed by atoms with Crippen LogP contribution in [0.4, 0.5) is 0 Å². The maximum absolute atomic E-state index is 6.03. The molecule has 1 saturated heterocycles. The Hall–Kier alpha value is -0.540. The van der Waals surface area contributed by atoms with Crippen LogP contribution in [0.25, 0.3) is 0 Å². The number of benzene rings is 1. The van der Waals surface area contributed by atoms with Gasteiger partial charge in [0.15, 0.2) is 0 Å². The first-order valence-corrected chi connectivity index (χ1v) is 6.73. The second-order valence-corrected chi connectivity index (χ2v) is 5.76. The van der Waals surface area contributed by atoms with Crippen LogP contribution in [0.1, 0.15) is 12.8 Å². The molecule has 1 N–H and O–H groups in total. The molecule has 16 heavy (non-hydrogen) atoms. The minimum absolute atomic E-state index is 0.423. The van der Waals surface area contributed by atoms with Gasteiger partial charge in [0.25, 0.3) is 0 Å². The number of rotatable bonds is 2. The third-order valence-electron chi connectivity index (χ3n) is 3.71. The highest BCUT2D eigenvalue weighted by atomic mass is 79.9. The highest BCUT2D eigenvalue weighted by Gasteiger charge is 2.38. The molecule has 1 aliphatic heterocycles. The fraction of sp³-hybridized carbons (Fsp3) is 0.538. The fourth-order valence-corrected chi connectivity index (χ4v) is 3.32. The number of hydrogen-bond acceptors (Lipinski definition) is 2. The van der Waals surface area contributed by atoms with Crippen molar-refractivity contribution >= 4 is 15.9 Å². The van der Waals surface area contributed by atoms with Crippen molar-refractivity contribution in [3.05, 3.63) is 28.7 Å². The monoisotopic (exact) mass is 281 g/mol. The predicted octanol–water partition coefficient (Wildman–Crippen LogP) is 2.83. The van der Waals surface area contributed by atoms with Crippen molar-refractivity contribution in [2.24, 2.45) is 11.8 Å². The van der Waals surface area contributed by atoms with Crippen molar-refractivity contribution in [3.63, 3.8) is 0 Å². The van der Waals surface area contributed by atoms with E-state index in [1.807, 2.05) is 24.3 Å². The summed E-state index contributed by atoms with van der Waals surface area (Å²) in [4.78, 5) is 0. The van der Waals surface area contributed by atoms with Crippen molar-refractivity contribution in [1.82, 2.24) is 5.32 Å². The van der Waals surface area contributed by atoms with E-state index >= 15 is 0 Å². The summed E-state index contributed by atoms with van der Waals surface area (Å²) in [6.07, 6.45) is 2.85. The van der Waals surface area contributed by atoms with Gasteiger partial charge in [-0.15, -0.1) is 0 Å². The topological polar surface area (TPSA) is 21.3 Å². The summed E-state index contributed by atoms with van der Waals surface area (Å²) in [5.41, 5.74) is 0. The van der Waals surface area contributed by atoms with Gasteiger partial charge in [0.05, 0.1) is 6.10 Å². The zero-order chi connectivity index (χ0) is 11.0. The third-order valence-corrected chi connectivity index (χ3v) is 4.20. The lowest BCUT2D eigenvalue weighted by molar-refractivity contribution is 0.199. The molecule has 0 aromatic heterocycles. The quantitative estimate of drug-likeness (QED) is 0.900. The molecule has 1 aliphatic carbocycles. The van der Waals surface area contributed by atoms with E-state index in [9.17, 15) is 0 Å².